The van der Waals surface area contributed by atoms with Crippen LogP contribution >= 0.6 is 0 Å². The van der Waals surface area contributed by atoms with Crippen molar-refractivity contribution in [2.75, 3.05) is 40.0 Å². The van der Waals surface area contributed by atoms with Crippen LogP contribution in [0.2, 0.25) is 0 Å². The number of esters is 1. The van der Waals surface area contributed by atoms with Gasteiger partial charge in [0.05, 0.1) is 19.8 Å². The smallest absolute Gasteiger partial charge is 0.349 e. The molecule has 8 nitrogen and oxygen atoms in total. The Kier molecular flexibility index (Phi) is 7.79. The lowest BCUT2D eigenvalue weighted by Gasteiger charge is -2.28. The van der Waals surface area contributed by atoms with E-state index in [2.05, 4.69) is 4.57 Å². The SMILES string of the molecule is COCCn1c(C)cc(C=C(C#N)C(=O)OC(C)C(=O)N2CCOCC2)c1C. The van der Waals surface area contributed by atoms with Crippen molar-refractivity contribution in [1.29, 1.82) is 5.26 Å². The summed E-state index contributed by atoms with van der Waals surface area (Å²) in [6.45, 7) is 8.49. The van der Waals surface area contributed by atoms with Crippen molar-refractivity contribution in [2.24, 2.45) is 0 Å². The summed E-state index contributed by atoms with van der Waals surface area (Å²) in [5, 5.41) is 9.41. The van der Waals surface area contributed by atoms with E-state index < -0.39 is 12.1 Å². The molecular weight excluding hydrogens is 362 g/mol. The number of methoxy groups -OCH3 is 1. The van der Waals surface area contributed by atoms with Crippen molar-refractivity contribution in [3.8, 4) is 6.07 Å². The van der Waals surface area contributed by atoms with E-state index in [1.54, 1.807) is 12.0 Å². The number of morpholine rings is 1. The number of carbonyl (C=O) groups is 2. The number of nitriles is 1. The normalized spacial score (nSPS) is 15.8. The molecule has 0 aromatic carbocycles. The zero-order valence-electron chi connectivity index (χ0n) is 16.9. The first-order valence-electron chi connectivity index (χ1n) is 9.24. The number of aromatic nitrogens is 1. The standard InChI is InChI=1S/C20H27N3O5/c1-14-11-17(15(2)23(14)7-8-26-4)12-18(13-21)20(25)28-16(3)19(24)22-5-9-27-10-6-22/h11-12,16H,5-10H2,1-4H3. The van der Waals surface area contributed by atoms with Crippen molar-refractivity contribution < 1.29 is 23.8 Å². The van der Waals surface area contributed by atoms with E-state index in [0.29, 0.717) is 39.5 Å². The Morgan fingerprint density at radius 3 is 2.64 bits per heavy atom. The fourth-order valence-electron chi connectivity index (χ4n) is 3.11. The van der Waals surface area contributed by atoms with Crippen LogP contribution in [0.15, 0.2) is 11.6 Å². The third kappa shape index (κ3) is 5.21. The third-order valence-corrected chi connectivity index (χ3v) is 4.73. The zero-order valence-corrected chi connectivity index (χ0v) is 16.9. The molecule has 0 N–H and O–H groups in total. The van der Waals surface area contributed by atoms with Crippen LogP contribution in [0.3, 0.4) is 0 Å². The van der Waals surface area contributed by atoms with Gasteiger partial charge >= 0.3 is 5.97 Å². The summed E-state index contributed by atoms with van der Waals surface area (Å²) >= 11 is 0. The van der Waals surface area contributed by atoms with E-state index in [1.165, 1.54) is 13.0 Å². The second-order valence-electron chi connectivity index (χ2n) is 6.63. The second-order valence-corrected chi connectivity index (χ2v) is 6.63. The van der Waals surface area contributed by atoms with E-state index >= 15 is 0 Å². The molecule has 0 aliphatic carbocycles. The molecule has 1 aliphatic rings. The van der Waals surface area contributed by atoms with Crippen molar-refractivity contribution in [1.82, 2.24) is 9.47 Å². The number of amides is 1. The number of nitrogens with zero attached hydrogens (tertiary/aromatic N) is 3. The average Bonchev–Trinajstić information content (AvgIpc) is 2.96. The van der Waals surface area contributed by atoms with E-state index in [1.807, 2.05) is 26.0 Å². The molecule has 28 heavy (non-hydrogen) atoms. The molecule has 2 heterocycles. The van der Waals surface area contributed by atoms with E-state index in [9.17, 15) is 14.9 Å². The van der Waals surface area contributed by atoms with Gasteiger partial charge in [-0.1, -0.05) is 0 Å². The fraction of sp³-hybridized carbons (Fsp3) is 0.550. The Hall–Kier alpha value is -2.63. The van der Waals surface area contributed by atoms with Gasteiger partial charge in [0.25, 0.3) is 5.91 Å². The fourth-order valence-corrected chi connectivity index (χ4v) is 3.11. The zero-order chi connectivity index (χ0) is 20.7. The molecule has 1 saturated heterocycles. The molecule has 0 bridgehead atoms. The molecule has 1 aromatic rings. The van der Waals surface area contributed by atoms with Crippen molar-refractivity contribution in [2.45, 2.75) is 33.4 Å². The van der Waals surface area contributed by atoms with Crippen molar-refractivity contribution in [3.63, 3.8) is 0 Å². The van der Waals surface area contributed by atoms with Crippen LogP contribution in [-0.2, 0) is 30.3 Å². The van der Waals surface area contributed by atoms with E-state index in [-0.39, 0.29) is 11.5 Å². The van der Waals surface area contributed by atoms with Crippen LogP contribution in [0.4, 0.5) is 0 Å². The van der Waals surface area contributed by atoms with Gasteiger partial charge < -0.3 is 23.7 Å². The molecule has 0 spiro atoms. The Morgan fingerprint density at radius 2 is 2.04 bits per heavy atom. The summed E-state index contributed by atoms with van der Waals surface area (Å²) in [4.78, 5) is 26.4. The molecule has 1 aliphatic heterocycles. The molecule has 1 amide bonds. The summed E-state index contributed by atoms with van der Waals surface area (Å²) in [6, 6.07) is 3.78. The lowest BCUT2D eigenvalue weighted by Crippen LogP contribution is -2.46. The summed E-state index contributed by atoms with van der Waals surface area (Å²) in [7, 11) is 1.64. The van der Waals surface area contributed by atoms with Crippen LogP contribution in [0.25, 0.3) is 6.08 Å². The summed E-state index contributed by atoms with van der Waals surface area (Å²) in [6.07, 6.45) is 0.538. The summed E-state index contributed by atoms with van der Waals surface area (Å²) in [5.74, 6) is -1.09. The van der Waals surface area contributed by atoms with Gasteiger partial charge in [-0.25, -0.2) is 4.79 Å². The van der Waals surface area contributed by atoms with Gasteiger partial charge in [-0.3, -0.25) is 4.79 Å². The predicted molar refractivity (Wildman–Crippen MR) is 102 cm³/mol. The number of ether oxygens (including phenoxy) is 3. The minimum Gasteiger partial charge on any atom is -0.448 e. The first-order chi connectivity index (χ1) is 13.4. The minimum absolute atomic E-state index is 0.145. The molecule has 1 aromatic heterocycles. The lowest BCUT2D eigenvalue weighted by molar-refractivity contribution is -0.157. The maximum Gasteiger partial charge on any atom is 0.349 e. The van der Waals surface area contributed by atoms with Crippen LogP contribution in [0.1, 0.15) is 23.9 Å². The number of hydrogen-bond acceptors (Lipinski definition) is 6. The van der Waals surface area contributed by atoms with E-state index in [0.717, 1.165) is 17.0 Å². The molecule has 1 unspecified atom stereocenters. The Bertz CT molecular complexity index is 784. The molecule has 0 saturated carbocycles. The van der Waals surface area contributed by atoms with Crippen molar-refractivity contribution >= 4 is 18.0 Å². The maximum absolute atomic E-state index is 12.4. The molecule has 8 heteroatoms. The summed E-state index contributed by atoms with van der Waals surface area (Å²) < 4.78 is 17.6. The molecule has 0 radical (unpaired) electrons. The van der Waals surface area contributed by atoms with Crippen molar-refractivity contribution in [3.05, 3.63) is 28.6 Å². The average molecular weight is 389 g/mol. The van der Waals surface area contributed by atoms with E-state index in [4.69, 9.17) is 14.2 Å². The third-order valence-electron chi connectivity index (χ3n) is 4.73. The molecular formula is C20H27N3O5. The van der Waals surface area contributed by atoms with Gasteiger partial charge in [0, 0.05) is 38.1 Å². The molecule has 2 rings (SSSR count). The van der Waals surface area contributed by atoms with Gasteiger partial charge in [0.15, 0.2) is 6.10 Å². The van der Waals surface area contributed by atoms with Gasteiger partial charge in [0.1, 0.15) is 11.6 Å². The lowest BCUT2D eigenvalue weighted by atomic mass is 10.1. The Morgan fingerprint density at radius 1 is 1.36 bits per heavy atom. The number of carbonyl (C=O) groups excluding carboxylic acids is 2. The number of hydrogen-bond donors (Lipinski definition) is 0. The monoisotopic (exact) mass is 389 g/mol. The quantitative estimate of drug-likeness (QED) is 0.398. The summed E-state index contributed by atoms with van der Waals surface area (Å²) in [5.41, 5.74) is 2.54. The molecule has 1 atom stereocenters. The largest absolute Gasteiger partial charge is 0.448 e. The predicted octanol–water partition coefficient (Wildman–Crippen LogP) is 1.45. The maximum atomic E-state index is 12.4. The minimum atomic E-state index is -0.962. The molecule has 152 valence electrons. The highest BCUT2D eigenvalue weighted by Gasteiger charge is 2.26. The molecule has 1 fully saturated rings. The van der Waals surface area contributed by atoms with Gasteiger partial charge in [-0.15, -0.1) is 0 Å². The van der Waals surface area contributed by atoms with Crippen LogP contribution in [-0.4, -0.2) is 67.5 Å². The van der Waals surface area contributed by atoms with Gasteiger partial charge in [-0.2, -0.15) is 5.26 Å². The van der Waals surface area contributed by atoms with Gasteiger partial charge in [-0.05, 0) is 38.5 Å². The first-order valence-corrected chi connectivity index (χ1v) is 9.24. The Balaban J connectivity index is 2.10. The highest BCUT2D eigenvalue weighted by Crippen LogP contribution is 2.19. The Labute approximate surface area is 165 Å². The van der Waals surface area contributed by atoms with Gasteiger partial charge in [0.2, 0.25) is 0 Å². The van der Waals surface area contributed by atoms with Crippen LogP contribution in [0.5, 0.6) is 0 Å². The number of rotatable bonds is 7. The second kappa shape index (κ2) is 10.1. The highest BCUT2D eigenvalue weighted by molar-refractivity contribution is 5.99. The number of aryl methyl sites for hydroxylation is 1. The topological polar surface area (TPSA) is 93.8 Å². The van der Waals surface area contributed by atoms with Crippen LogP contribution < -0.4 is 0 Å². The van der Waals surface area contributed by atoms with Crippen LogP contribution in [0, 0.1) is 25.2 Å². The first kappa shape index (κ1) is 21.7. The highest BCUT2D eigenvalue weighted by atomic mass is 16.5.